The van der Waals surface area contributed by atoms with Crippen LogP contribution in [0.15, 0.2) is 29.8 Å². The molecule has 1 heterocycles. The van der Waals surface area contributed by atoms with Gasteiger partial charge in [0.1, 0.15) is 11.6 Å². The second-order valence-corrected chi connectivity index (χ2v) is 7.84. The molecule has 1 aromatic carbocycles. The third kappa shape index (κ3) is 4.21. The fourth-order valence-corrected chi connectivity index (χ4v) is 3.79. The lowest BCUT2D eigenvalue weighted by Crippen LogP contribution is -2.27. The number of nitriles is 1. The molecular weight excluding hydrogens is 381 g/mol. The van der Waals surface area contributed by atoms with Gasteiger partial charge in [-0.15, -0.1) is 0 Å². The molecule has 0 N–H and O–H groups in total. The summed E-state index contributed by atoms with van der Waals surface area (Å²) in [5.41, 5.74) is 4.06. The monoisotopic (exact) mass is 401 g/mol. The summed E-state index contributed by atoms with van der Waals surface area (Å²) >= 11 is 12.1. The lowest BCUT2D eigenvalue weighted by molar-refractivity contribution is -0.125. The van der Waals surface area contributed by atoms with Crippen molar-refractivity contribution in [2.75, 3.05) is 7.05 Å². The molecule has 1 aliphatic carbocycles. The number of benzene rings is 1. The Balaban J connectivity index is 1.82. The van der Waals surface area contributed by atoms with Crippen LogP contribution in [-0.4, -0.2) is 22.4 Å². The third-order valence-corrected chi connectivity index (χ3v) is 5.44. The molecule has 0 aliphatic heterocycles. The fourth-order valence-electron chi connectivity index (χ4n) is 3.32. The average Bonchev–Trinajstić information content (AvgIpc) is 3.40. The SMILES string of the molecule is Cc1cc(/C=C(\C#N)C(=O)N(C)Cc2ccc(Cl)cc2Cl)c(C)n1C1CC1. The molecular formula is C21H21Cl2N3O. The quantitative estimate of drug-likeness (QED) is 0.503. The first-order valence-corrected chi connectivity index (χ1v) is 9.57. The Labute approximate surface area is 169 Å². The summed E-state index contributed by atoms with van der Waals surface area (Å²) in [6.07, 6.45) is 4.06. The van der Waals surface area contributed by atoms with Crippen molar-refractivity contribution in [2.45, 2.75) is 39.3 Å². The normalized spacial score (nSPS) is 14.1. The molecule has 0 radical (unpaired) electrons. The van der Waals surface area contributed by atoms with Crippen LogP contribution < -0.4 is 0 Å². The zero-order valence-electron chi connectivity index (χ0n) is 15.6. The number of carbonyl (C=O) groups excluding carboxylic acids is 1. The maximum Gasteiger partial charge on any atom is 0.264 e. The summed E-state index contributed by atoms with van der Waals surface area (Å²) in [6, 6.07) is 9.80. The van der Waals surface area contributed by atoms with Gasteiger partial charge in [0.2, 0.25) is 0 Å². The van der Waals surface area contributed by atoms with Crippen molar-refractivity contribution >= 4 is 35.2 Å². The molecule has 140 valence electrons. The smallest absolute Gasteiger partial charge is 0.264 e. The number of rotatable bonds is 5. The Morgan fingerprint density at radius 3 is 2.63 bits per heavy atom. The highest BCUT2D eigenvalue weighted by atomic mass is 35.5. The second-order valence-electron chi connectivity index (χ2n) is 6.99. The second kappa shape index (κ2) is 7.80. The topological polar surface area (TPSA) is 49.0 Å². The van der Waals surface area contributed by atoms with Crippen LogP contribution >= 0.6 is 23.2 Å². The van der Waals surface area contributed by atoms with E-state index in [1.807, 2.05) is 19.1 Å². The van der Waals surface area contributed by atoms with Crippen LogP contribution in [0.4, 0.5) is 0 Å². The van der Waals surface area contributed by atoms with E-state index < -0.39 is 0 Å². The molecule has 0 saturated heterocycles. The molecule has 1 fully saturated rings. The van der Waals surface area contributed by atoms with Gasteiger partial charge >= 0.3 is 0 Å². The predicted molar refractivity (Wildman–Crippen MR) is 109 cm³/mol. The number of aromatic nitrogens is 1. The van der Waals surface area contributed by atoms with E-state index in [4.69, 9.17) is 23.2 Å². The first-order valence-electron chi connectivity index (χ1n) is 8.81. The molecule has 0 atom stereocenters. The number of likely N-dealkylation sites (N-methyl/N-ethyl adjacent to an activating group) is 1. The summed E-state index contributed by atoms with van der Waals surface area (Å²) in [7, 11) is 1.66. The van der Waals surface area contributed by atoms with Crippen molar-refractivity contribution in [1.29, 1.82) is 5.26 Å². The summed E-state index contributed by atoms with van der Waals surface area (Å²) in [6.45, 7) is 4.40. The highest BCUT2D eigenvalue weighted by Crippen LogP contribution is 2.38. The van der Waals surface area contributed by atoms with E-state index >= 15 is 0 Å². The Kier molecular flexibility index (Phi) is 5.64. The van der Waals surface area contributed by atoms with Gasteiger partial charge in [0, 0.05) is 41.1 Å². The lowest BCUT2D eigenvalue weighted by Gasteiger charge is -2.17. The third-order valence-electron chi connectivity index (χ3n) is 4.86. The van der Waals surface area contributed by atoms with Gasteiger partial charge < -0.3 is 9.47 Å². The van der Waals surface area contributed by atoms with Crippen LogP contribution in [0.1, 0.15) is 41.4 Å². The van der Waals surface area contributed by atoms with Crippen LogP contribution in [0.3, 0.4) is 0 Å². The van der Waals surface area contributed by atoms with Crippen LogP contribution in [0, 0.1) is 25.2 Å². The van der Waals surface area contributed by atoms with Gasteiger partial charge in [-0.25, -0.2) is 0 Å². The molecule has 1 aliphatic rings. The van der Waals surface area contributed by atoms with E-state index in [-0.39, 0.29) is 11.5 Å². The number of hydrogen-bond donors (Lipinski definition) is 0. The molecule has 2 aromatic rings. The van der Waals surface area contributed by atoms with Gasteiger partial charge in [0.05, 0.1) is 0 Å². The number of nitrogens with zero attached hydrogens (tertiary/aromatic N) is 3. The average molecular weight is 402 g/mol. The Morgan fingerprint density at radius 1 is 1.33 bits per heavy atom. The van der Waals surface area contributed by atoms with Crippen LogP contribution in [0.2, 0.25) is 10.0 Å². The molecule has 0 bridgehead atoms. The largest absolute Gasteiger partial charge is 0.346 e. The predicted octanol–water partition coefficient (Wildman–Crippen LogP) is 5.31. The summed E-state index contributed by atoms with van der Waals surface area (Å²) in [5, 5.41) is 10.6. The van der Waals surface area contributed by atoms with Gasteiger partial charge in [-0.3, -0.25) is 4.79 Å². The van der Waals surface area contributed by atoms with E-state index in [1.54, 1.807) is 31.3 Å². The molecule has 1 saturated carbocycles. The van der Waals surface area contributed by atoms with Gasteiger partial charge in [-0.1, -0.05) is 29.3 Å². The zero-order chi connectivity index (χ0) is 19.7. The van der Waals surface area contributed by atoms with Crippen molar-refractivity contribution in [3.8, 4) is 6.07 Å². The Morgan fingerprint density at radius 2 is 2.04 bits per heavy atom. The molecule has 6 heteroatoms. The number of hydrogen-bond acceptors (Lipinski definition) is 2. The maximum atomic E-state index is 12.8. The molecule has 3 rings (SSSR count). The summed E-state index contributed by atoms with van der Waals surface area (Å²) < 4.78 is 2.29. The molecule has 4 nitrogen and oxygen atoms in total. The Hall–Kier alpha value is -2.22. The lowest BCUT2D eigenvalue weighted by atomic mass is 10.1. The highest BCUT2D eigenvalue weighted by Gasteiger charge is 2.27. The summed E-state index contributed by atoms with van der Waals surface area (Å²) in [5.74, 6) is -0.334. The number of amides is 1. The van der Waals surface area contributed by atoms with Crippen molar-refractivity contribution < 1.29 is 4.79 Å². The van der Waals surface area contributed by atoms with Gasteiger partial charge in [0.25, 0.3) is 5.91 Å². The molecule has 1 amide bonds. The number of aryl methyl sites for hydroxylation is 1. The van der Waals surface area contributed by atoms with E-state index in [1.165, 1.54) is 17.7 Å². The van der Waals surface area contributed by atoms with E-state index in [0.717, 1.165) is 22.5 Å². The molecule has 0 unspecified atom stereocenters. The highest BCUT2D eigenvalue weighted by molar-refractivity contribution is 6.35. The molecule has 27 heavy (non-hydrogen) atoms. The van der Waals surface area contributed by atoms with Crippen LogP contribution in [-0.2, 0) is 11.3 Å². The van der Waals surface area contributed by atoms with E-state index in [2.05, 4.69) is 11.5 Å². The van der Waals surface area contributed by atoms with E-state index in [0.29, 0.717) is 22.6 Å². The van der Waals surface area contributed by atoms with Gasteiger partial charge in [0.15, 0.2) is 0 Å². The molecule has 0 spiro atoms. The van der Waals surface area contributed by atoms with Gasteiger partial charge in [-0.2, -0.15) is 5.26 Å². The maximum absolute atomic E-state index is 12.8. The van der Waals surface area contributed by atoms with E-state index in [9.17, 15) is 10.1 Å². The number of carbonyl (C=O) groups is 1. The standard InChI is InChI=1S/C21H21Cl2N3O/c1-13-8-16(14(2)26(13)19-6-7-19)9-17(11-24)21(27)25(3)12-15-4-5-18(22)10-20(15)23/h4-5,8-10,19H,6-7,12H2,1-3H3/b17-9+. The minimum atomic E-state index is -0.334. The molecule has 1 aromatic heterocycles. The minimum Gasteiger partial charge on any atom is -0.346 e. The first kappa shape index (κ1) is 19.5. The summed E-state index contributed by atoms with van der Waals surface area (Å²) in [4.78, 5) is 14.3. The van der Waals surface area contributed by atoms with Crippen molar-refractivity contribution in [3.05, 3.63) is 62.4 Å². The number of halogens is 2. The minimum absolute atomic E-state index is 0.110. The fraction of sp³-hybridized carbons (Fsp3) is 0.333. The first-order chi connectivity index (χ1) is 12.8. The van der Waals surface area contributed by atoms with Crippen molar-refractivity contribution in [1.82, 2.24) is 9.47 Å². The van der Waals surface area contributed by atoms with Gasteiger partial charge in [-0.05, 0) is 62.1 Å². The van der Waals surface area contributed by atoms with Crippen LogP contribution in [0.5, 0.6) is 0 Å². The van der Waals surface area contributed by atoms with Crippen molar-refractivity contribution in [3.63, 3.8) is 0 Å². The Bertz CT molecular complexity index is 965. The zero-order valence-corrected chi connectivity index (χ0v) is 17.1. The van der Waals surface area contributed by atoms with Crippen molar-refractivity contribution in [2.24, 2.45) is 0 Å². The van der Waals surface area contributed by atoms with Crippen LogP contribution in [0.25, 0.3) is 6.08 Å².